The Kier molecular flexibility index (Phi) is 23.6. The summed E-state index contributed by atoms with van der Waals surface area (Å²) in [5, 5.41) is 18.2. The third-order valence-electron chi connectivity index (χ3n) is 3.52. The number of rotatable bonds is 24. The van der Waals surface area contributed by atoms with Crippen molar-refractivity contribution in [2.75, 3.05) is 99.1 Å². The largest absolute Gasteiger partial charge is 0.394 e. The molecule has 0 aliphatic rings. The zero-order valence-electron chi connectivity index (χ0n) is 18.2. The van der Waals surface area contributed by atoms with E-state index in [1.54, 1.807) is 0 Å². The predicted octanol–water partition coefficient (Wildman–Crippen LogP) is 0.502. The van der Waals surface area contributed by atoms with Crippen LogP contribution in [0.1, 0.15) is 20.3 Å². The lowest BCUT2D eigenvalue weighted by Gasteiger charge is -2.13. The maximum Gasteiger partial charge on any atom is 0.0776 e. The van der Waals surface area contributed by atoms with Crippen molar-refractivity contribution in [3.8, 4) is 0 Å². The zero-order chi connectivity index (χ0) is 21.4. The lowest BCUT2D eigenvalue weighted by Crippen LogP contribution is -2.19. The van der Waals surface area contributed by atoms with Gasteiger partial charge in [-0.15, -0.1) is 0 Å². The number of hydrogen-bond donors (Lipinski definition) is 2. The lowest BCUT2D eigenvalue weighted by molar-refractivity contribution is -0.0273. The summed E-state index contributed by atoms with van der Waals surface area (Å²) >= 11 is 0. The van der Waals surface area contributed by atoms with Crippen molar-refractivity contribution >= 4 is 0 Å². The van der Waals surface area contributed by atoms with E-state index in [1.807, 2.05) is 0 Å². The van der Waals surface area contributed by atoms with Crippen LogP contribution >= 0.6 is 0 Å². The zero-order valence-corrected chi connectivity index (χ0v) is 18.2. The van der Waals surface area contributed by atoms with Gasteiger partial charge in [0.25, 0.3) is 0 Å². The molecule has 0 bridgehead atoms. The molecular formula is C20H42O9. The van der Waals surface area contributed by atoms with Gasteiger partial charge in [-0.25, -0.2) is 0 Å². The van der Waals surface area contributed by atoms with E-state index in [0.717, 1.165) is 6.42 Å². The molecule has 0 amide bonds. The monoisotopic (exact) mass is 426 g/mol. The van der Waals surface area contributed by atoms with Gasteiger partial charge in [0.2, 0.25) is 0 Å². The topological polar surface area (TPSA) is 105 Å². The summed E-state index contributed by atoms with van der Waals surface area (Å²) < 4.78 is 37.3. The second-order valence-corrected chi connectivity index (χ2v) is 6.76. The molecule has 29 heavy (non-hydrogen) atoms. The molecule has 0 aromatic carbocycles. The van der Waals surface area contributed by atoms with Crippen LogP contribution in [0.2, 0.25) is 0 Å². The first-order chi connectivity index (χ1) is 14.2. The smallest absolute Gasteiger partial charge is 0.0776 e. The third kappa shape index (κ3) is 25.6. The molecule has 176 valence electrons. The summed E-state index contributed by atoms with van der Waals surface area (Å²) in [5.41, 5.74) is 0. The average molecular weight is 427 g/mol. The van der Waals surface area contributed by atoms with Crippen molar-refractivity contribution in [2.45, 2.75) is 26.4 Å². The molecule has 1 unspecified atom stereocenters. The van der Waals surface area contributed by atoms with Crippen LogP contribution in [-0.2, 0) is 33.2 Å². The Bertz CT molecular complexity index is 306. The number of ether oxygens (including phenoxy) is 7. The van der Waals surface area contributed by atoms with E-state index < -0.39 is 6.10 Å². The van der Waals surface area contributed by atoms with Crippen LogP contribution in [0.25, 0.3) is 0 Å². The second kappa shape index (κ2) is 23.9. The fraction of sp³-hybridized carbons (Fsp3) is 1.00. The third-order valence-corrected chi connectivity index (χ3v) is 3.52. The fourth-order valence-electron chi connectivity index (χ4n) is 2.22. The molecule has 0 spiro atoms. The van der Waals surface area contributed by atoms with Crippen molar-refractivity contribution in [3.63, 3.8) is 0 Å². The summed E-state index contributed by atoms with van der Waals surface area (Å²) in [6, 6.07) is 0. The van der Waals surface area contributed by atoms with Gasteiger partial charge in [0.05, 0.1) is 105 Å². The minimum absolute atomic E-state index is 0.0303. The summed E-state index contributed by atoms with van der Waals surface area (Å²) in [4.78, 5) is 0. The van der Waals surface area contributed by atoms with Crippen LogP contribution in [0, 0.1) is 5.92 Å². The maximum atomic E-state index is 9.66. The Hall–Kier alpha value is -0.360. The molecule has 0 saturated carbocycles. The highest BCUT2D eigenvalue weighted by molar-refractivity contribution is 4.56. The average Bonchev–Trinajstić information content (AvgIpc) is 2.68. The van der Waals surface area contributed by atoms with Crippen molar-refractivity contribution in [1.82, 2.24) is 0 Å². The Morgan fingerprint density at radius 1 is 0.517 bits per heavy atom. The van der Waals surface area contributed by atoms with E-state index in [4.69, 9.17) is 38.3 Å². The molecule has 0 aromatic heterocycles. The first-order valence-corrected chi connectivity index (χ1v) is 10.5. The van der Waals surface area contributed by atoms with Gasteiger partial charge in [0.1, 0.15) is 0 Å². The highest BCUT2D eigenvalue weighted by atomic mass is 16.6. The van der Waals surface area contributed by atoms with Crippen LogP contribution in [0.3, 0.4) is 0 Å². The van der Waals surface area contributed by atoms with Gasteiger partial charge in [-0.3, -0.25) is 0 Å². The predicted molar refractivity (Wildman–Crippen MR) is 108 cm³/mol. The van der Waals surface area contributed by atoms with Gasteiger partial charge < -0.3 is 43.4 Å². The first-order valence-electron chi connectivity index (χ1n) is 10.5. The Labute approximate surface area is 175 Å². The van der Waals surface area contributed by atoms with Gasteiger partial charge in [0, 0.05) is 0 Å². The summed E-state index contributed by atoms with van der Waals surface area (Å²) in [6.07, 6.45) is 0.347. The molecular weight excluding hydrogens is 384 g/mol. The normalized spacial score (nSPS) is 12.7. The standard InChI is InChI=1S/C20H42O9/c1-19(2)17-20(22)18-29-16-15-28-14-13-27-12-11-26-10-9-25-8-7-24-6-5-23-4-3-21/h19-22H,3-18H2,1-2H3. The van der Waals surface area contributed by atoms with Crippen molar-refractivity contribution in [3.05, 3.63) is 0 Å². The molecule has 1 atom stereocenters. The van der Waals surface area contributed by atoms with E-state index in [1.165, 1.54) is 0 Å². The molecule has 2 N–H and O–H groups in total. The summed E-state index contributed by atoms with van der Waals surface area (Å²) in [5.74, 6) is 0.465. The number of hydrogen-bond acceptors (Lipinski definition) is 9. The highest BCUT2D eigenvalue weighted by Gasteiger charge is 2.06. The molecule has 9 nitrogen and oxygen atoms in total. The van der Waals surface area contributed by atoms with Crippen molar-refractivity contribution in [2.24, 2.45) is 5.92 Å². The highest BCUT2D eigenvalue weighted by Crippen LogP contribution is 2.04. The Morgan fingerprint density at radius 3 is 1.14 bits per heavy atom. The van der Waals surface area contributed by atoms with Gasteiger partial charge in [0.15, 0.2) is 0 Å². The maximum absolute atomic E-state index is 9.66. The molecule has 0 aromatic rings. The molecule has 9 heteroatoms. The molecule has 0 saturated heterocycles. The Morgan fingerprint density at radius 2 is 0.828 bits per heavy atom. The quantitative estimate of drug-likeness (QED) is 0.214. The van der Waals surface area contributed by atoms with E-state index in [9.17, 15) is 5.11 Å². The summed E-state index contributed by atoms with van der Waals surface area (Å²) in [6.45, 7) is 10.9. The molecule has 0 fully saturated rings. The van der Waals surface area contributed by atoms with E-state index >= 15 is 0 Å². The van der Waals surface area contributed by atoms with Gasteiger partial charge in [-0.2, -0.15) is 0 Å². The molecule has 0 aliphatic heterocycles. The first kappa shape index (κ1) is 28.6. The number of aliphatic hydroxyl groups is 2. The Balaban J connectivity index is 3.05. The van der Waals surface area contributed by atoms with Gasteiger partial charge in [-0.05, 0) is 12.3 Å². The van der Waals surface area contributed by atoms with Gasteiger partial charge in [-0.1, -0.05) is 13.8 Å². The van der Waals surface area contributed by atoms with Crippen LogP contribution in [-0.4, -0.2) is 115 Å². The number of aliphatic hydroxyl groups excluding tert-OH is 2. The van der Waals surface area contributed by atoms with E-state index in [2.05, 4.69) is 13.8 Å². The van der Waals surface area contributed by atoms with Crippen molar-refractivity contribution < 1.29 is 43.4 Å². The minimum Gasteiger partial charge on any atom is -0.394 e. The summed E-state index contributed by atoms with van der Waals surface area (Å²) in [7, 11) is 0. The molecule has 0 rings (SSSR count). The van der Waals surface area contributed by atoms with Crippen LogP contribution in [0.5, 0.6) is 0 Å². The molecule has 0 heterocycles. The van der Waals surface area contributed by atoms with Crippen LogP contribution in [0.4, 0.5) is 0 Å². The van der Waals surface area contributed by atoms with E-state index in [-0.39, 0.29) is 6.61 Å². The fourth-order valence-corrected chi connectivity index (χ4v) is 2.22. The van der Waals surface area contributed by atoms with Crippen LogP contribution < -0.4 is 0 Å². The van der Waals surface area contributed by atoms with Crippen molar-refractivity contribution in [1.29, 1.82) is 0 Å². The SMILES string of the molecule is CC(C)CC(O)COCCOCCOCCOCCOCCOCCOCCO. The minimum atomic E-state index is -0.403. The molecule has 0 radical (unpaired) electrons. The van der Waals surface area contributed by atoms with Gasteiger partial charge >= 0.3 is 0 Å². The lowest BCUT2D eigenvalue weighted by atomic mass is 10.1. The molecule has 0 aliphatic carbocycles. The van der Waals surface area contributed by atoms with Crippen LogP contribution in [0.15, 0.2) is 0 Å². The second-order valence-electron chi connectivity index (χ2n) is 6.76. The van der Waals surface area contributed by atoms with E-state index in [0.29, 0.717) is 98.4 Å².